The van der Waals surface area contributed by atoms with E-state index in [4.69, 9.17) is 14.7 Å². The Labute approximate surface area is 365 Å². The zero-order chi connectivity index (χ0) is 41.5. The molecule has 3 heterocycles. The van der Waals surface area contributed by atoms with E-state index in [0.29, 0.717) is 5.82 Å². The van der Waals surface area contributed by atoms with Crippen molar-refractivity contribution in [3.05, 3.63) is 247 Å². The van der Waals surface area contributed by atoms with Gasteiger partial charge in [-0.2, -0.15) is 0 Å². The Kier molecular flexibility index (Phi) is 7.79. The van der Waals surface area contributed by atoms with Crippen molar-refractivity contribution in [1.29, 1.82) is 0 Å². The largest absolute Gasteiger partial charge is 0.457 e. The van der Waals surface area contributed by atoms with Crippen molar-refractivity contribution in [3.8, 4) is 73.3 Å². The molecule has 294 valence electrons. The summed E-state index contributed by atoms with van der Waals surface area (Å²) in [5.41, 5.74) is 17.1. The van der Waals surface area contributed by atoms with Crippen LogP contribution < -0.4 is 4.74 Å². The van der Waals surface area contributed by atoms with Crippen LogP contribution in [-0.2, 0) is 5.41 Å². The lowest BCUT2D eigenvalue weighted by molar-refractivity contribution is 0.436. The molecule has 13 rings (SSSR count). The van der Waals surface area contributed by atoms with Crippen molar-refractivity contribution >= 4 is 21.8 Å². The second kappa shape index (κ2) is 13.8. The van der Waals surface area contributed by atoms with Gasteiger partial charge in [-0.1, -0.05) is 170 Å². The SMILES string of the molecule is c1ccc(-c2ccc3c(c2)C2(c4ccccc4O3)c3ccccc3-c3cc4c5ccccc5n(-c5cccc(-c6nc(-c7ccccc7)cc(-c7ccccc7)n6)c5)c4cc32)cc1. The van der Waals surface area contributed by atoms with Gasteiger partial charge in [0.25, 0.3) is 0 Å². The molecule has 2 aliphatic rings. The van der Waals surface area contributed by atoms with Gasteiger partial charge < -0.3 is 9.30 Å². The van der Waals surface area contributed by atoms with E-state index in [9.17, 15) is 0 Å². The van der Waals surface area contributed by atoms with Crippen molar-refractivity contribution in [1.82, 2.24) is 14.5 Å². The molecule has 11 aromatic rings. The fraction of sp³-hybridized carbons (Fsp3) is 0.0169. The van der Waals surface area contributed by atoms with Crippen molar-refractivity contribution in [3.63, 3.8) is 0 Å². The molecule has 1 atom stereocenters. The number of hydrogen-bond acceptors (Lipinski definition) is 3. The first-order chi connectivity index (χ1) is 31.2. The summed E-state index contributed by atoms with van der Waals surface area (Å²) in [7, 11) is 0. The quantitative estimate of drug-likeness (QED) is 0.174. The van der Waals surface area contributed by atoms with E-state index >= 15 is 0 Å². The average molecular weight is 804 g/mol. The molecule has 9 aromatic carbocycles. The van der Waals surface area contributed by atoms with Gasteiger partial charge in [0, 0.05) is 44.3 Å². The summed E-state index contributed by atoms with van der Waals surface area (Å²) >= 11 is 0. The van der Waals surface area contributed by atoms with Crippen LogP contribution >= 0.6 is 0 Å². The zero-order valence-electron chi connectivity index (χ0n) is 34.1. The zero-order valence-corrected chi connectivity index (χ0v) is 34.1. The van der Waals surface area contributed by atoms with Crippen LogP contribution in [0, 0.1) is 0 Å². The van der Waals surface area contributed by atoms with Gasteiger partial charge in [0.1, 0.15) is 11.5 Å². The number of hydrogen-bond donors (Lipinski definition) is 0. The van der Waals surface area contributed by atoms with Gasteiger partial charge in [0.15, 0.2) is 5.82 Å². The summed E-state index contributed by atoms with van der Waals surface area (Å²) in [5, 5.41) is 2.40. The number of benzene rings is 9. The lowest BCUT2D eigenvalue weighted by atomic mass is 9.65. The minimum absolute atomic E-state index is 0.641. The lowest BCUT2D eigenvalue weighted by Crippen LogP contribution is -2.32. The number of ether oxygens (including phenoxy) is 1. The number of rotatable bonds is 5. The van der Waals surface area contributed by atoms with Crippen LogP contribution in [-0.4, -0.2) is 14.5 Å². The van der Waals surface area contributed by atoms with E-state index in [1.54, 1.807) is 0 Å². The van der Waals surface area contributed by atoms with Crippen LogP contribution in [0.1, 0.15) is 22.3 Å². The Hall–Kier alpha value is -8.34. The highest BCUT2D eigenvalue weighted by molar-refractivity contribution is 6.12. The molecule has 0 bridgehead atoms. The normalized spacial score (nSPS) is 14.5. The first-order valence-corrected chi connectivity index (χ1v) is 21.5. The molecule has 1 aliphatic carbocycles. The van der Waals surface area contributed by atoms with Gasteiger partial charge in [0.2, 0.25) is 0 Å². The van der Waals surface area contributed by atoms with Crippen LogP contribution in [0.15, 0.2) is 224 Å². The van der Waals surface area contributed by atoms with Gasteiger partial charge in [-0.15, -0.1) is 0 Å². The summed E-state index contributed by atoms with van der Waals surface area (Å²) in [6, 6.07) is 80.2. The molecule has 1 unspecified atom stereocenters. The first-order valence-electron chi connectivity index (χ1n) is 21.5. The summed E-state index contributed by atoms with van der Waals surface area (Å²) in [4.78, 5) is 10.4. The van der Waals surface area contributed by atoms with Gasteiger partial charge >= 0.3 is 0 Å². The van der Waals surface area contributed by atoms with Crippen LogP contribution in [0.2, 0.25) is 0 Å². The van der Waals surface area contributed by atoms with E-state index in [2.05, 4.69) is 217 Å². The highest BCUT2D eigenvalue weighted by atomic mass is 16.5. The molecule has 4 heteroatoms. The van der Waals surface area contributed by atoms with E-state index < -0.39 is 5.41 Å². The molecule has 1 aliphatic heterocycles. The molecule has 0 fully saturated rings. The summed E-state index contributed by atoms with van der Waals surface area (Å²) in [5.74, 6) is 2.43. The second-order valence-corrected chi connectivity index (χ2v) is 16.5. The lowest BCUT2D eigenvalue weighted by Gasteiger charge is -2.39. The Balaban J connectivity index is 1.07. The van der Waals surface area contributed by atoms with Gasteiger partial charge in [0.05, 0.1) is 27.8 Å². The number of para-hydroxylation sites is 2. The molecular formula is C59H37N3O. The maximum Gasteiger partial charge on any atom is 0.160 e. The molecule has 63 heavy (non-hydrogen) atoms. The molecular weight excluding hydrogens is 767 g/mol. The first kappa shape index (κ1) is 35.4. The maximum absolute atomic E-state index is 6.82. The molecule has 1 spiro atoms. The monoisotopic (exact) mass is 803 g/mol. The van der Waals surface area contributed by atoms with Gasteiger partial charge in [-0.05, 0) is 88.0 Å². The molecule has 0 saturated heterocycles. The number of fused-ring (bicyclic) bond motifs is 12. The number of nitrogens with zero attached hydrogens (tertiary/aromatic N) is 3. The van der Waals surface area contributed by atoms with E-state index in [-0.39, 0.29) is 0 Å². The van der Waals surface area contributed by atoms with Crippen molar-refractivity contribution in [2.45, 2.75) is 5.41 Å². The molecule has 4 nitrogen and oxygen atoms in total. The fourth-order valence-electron chi connectivity index (χ4n) is 10.3. The molecule has 0 N–H and O–H groups in total. The van der Waals surface area contributed by atoms with Crippen LogP contribution in [0.4, 0.5) is 0 Å². The Bertz CT molecular complexity index is 3540. The van der Waals surface area contributed by atoms with Crippen LogP contribution in [0.5, 0.6) is 11.5 Å². The molecule has 2 aromatic heterocycles. The Morgan fingerprint density at radius 3 is 1.73 bits per heavy atom. The predicted molar refractivity (Wildman–Crippen MR) is 255 cm³/mol. The minimum Gasteiger partial charge on any atom is -0.457 e. The Morgan fingerprint density at radius 2 is 0.968 bits per heavy atom. The number of aromatic nitrogens is 3. The molecule has 0 amide bonds. The van der Waals surface area contributed by atoms with Crippen molar-refractivity contribution in [2.24, 2.45) is 0 Å². The average Bonchev–Trinajstić information content (AvgIpc) is 3.84. The van der Waals surface area contributed by atoms with Crippen LogP contribution in [0.3, 0.4) is 0 Å². The Morgan fingerprint density at radius 1 is 0.349 bits per heavy atom. The summed E-state index contributed by atoms with van der Waals surface area (Å²) < 4.78 is 9.25. The second-order valence-electron chi connectivity index (χ2n) is 16.5. The summed E-state index contributed by atoms with van der Waals surface area (Å²) in [6.07, 6.45) is 0. The van der Waals surface area contributed by atoms with E-state index in [1.807, 2.05) is 12.1 Å². The molecule has 0 saturated carbocycles. The van der Waals surface area contributed by atoms with Crippen LogP contribution in [0.25, 0.3) is 83.6 Å². The maximum atomic E-state index is 6.82. The van der Waals surface area contributed by atoms with Gasteiger partial charge in [-0.25, -0.2) is 9.97 Å². The van der Waals surface area contributed by atoms with Gasteiger partial charge in [-0.3, -0.25) is 0 Å². The smallest absolute Gasteiger partial charge is 0.160 e. The third-order valence-electron chi connectivity index (χ3n) is 13.1. The third-order valence-corrected chi connectivity index (χ3v) is 13.1. The van der Waals surface area contributed by atoms with E-state index in [0.717, 1.165) is 73.0 Å². The van der Waals surface area contributed by atoms with Crippen molar-refractivity contribution < 1.29 is 4.74 Å². The molecule has 0 radical (unpaired) electrons. The fourth-order valence-corrected chi connectivity index (χ4v) is 10.3. The highest BCUT2D eigenvalue weighted by Gasteiger charge is 2.51. The predicted octanol–water partition coefficient (Wildman–Crippen LogP) is 14.7. The standard InChI is InChI=1S/C59H37N3O/c1-4-17-38(18-5-1)41-31-32-57-51(34-41)59(49-28-13-15-30-56(49)63-57)48-27-12-10-25-44(48)46-35-47-45-26-11-14-29-54(45)62(55(47)36-50(46)59)43-24-16-23-42(33-43)58-60-52(39-19-6-2-7-20-39)37-53(61-58)40-21-8-3-9-22-40/h1-37H. The minimum atomic E-state index is -0.641. The van der Waals surface area contributed by atoms with E-state index in [1.165, 1.54) is 38.6 Å². The highest BCUT2D eigenvalue weighted by Crippen LogP contribution is 2.63. The van der Waals surface area contributed by atoms with Crippen molar-refractivity contribution in [2.75, 3.05) is 0 Å². The third kappa shape index (κ3) is 5.35. The summed E-state index contributed by atoms with van der Waals surface area (Å²) in [6.45, 7) is 0. The topological polar surface area (TPSA) is 39.9 Å².